The van der Waals surface area contributed by atoms with Gasteiger partial charge in [0.25, 0.3) is 0 Å². The Morgan fingerprint density at radius 1 is 0.258 bits per heavy atom. The van der Waals surface area contributed by atoms with Gasteiger partial charge in [-0.05, 0) is 119 Å². The van der Waals surface area contributed by atoms with E-state index in [-0.39, 0.29) is 0 Å². The van der Waals surface area contributed by atoms with E-state index in [1.165, 1.54) is 59.8 Å². The molecule has 1 heterocycles. The van der Waals surface area contributed by atoms with E-state index in [4.69, 9.17) is 4.42 Å². The topological polar surface area (TPSA) is 16.4 Å². The first-order valence-corrected chi connectivity index (χ1v) is 22.7. The molecule has 0 fully saturated rings. The number of para-hydroxylation sites is 3. The minimum absolute atomic E-state index is 0.894. The van der Waals surface area contributed by atoms with Gasteiger partial charge < -0.3 is 9.32 Å². The number of hydrogen-bond donors (Lipinski definition) is 0. The summed E-state index contributed by atoms with van der Waals surface area (Å²) in [6.07, 6.45) is 0. The maximum absolute atomic E-state index is 6.31. The molecule has 0 saturated carbocycles. The molecule has 0 aliphatic rings. The van der Waals surface area contributed by atoms with Crippen LogP contribution in [-0.4, -0.2) is 0 Å². The molecule has 0 amide bonds. The van der Waals surface area contributed by atoms with Gasteiger partial charge in [0.2, 0.25) is 0 Å². The van der Waals surface area contributed by atoms with Crippen molar-refractivity contribution in [2.45, 2.75) is 0 Å². The maximum atomic E-state index is 6.31. The Labute approximate surface area is 382 Å². The van der Waals surface area contributed by atoms with Crippen LogP contribution in [0.25, 0.3) is 110 Å². The van der Waals surface area contributed by atoms with E-state index in [1.807, 2.05) is 12.1 Å². The van der Waals surface area contributed by atoms with E-state index < -0.39 is 0 Å². The molecule has 308 valence electrons. The Morgan fingerprint density at radius 2 is 0.742 bits per heavy atom. The van der Waals surface area contributed by atoms with Crippen molar-refractivity contribution >= 4 is 82.1 Å². The second-order valence-electron chi connectivity index (χ2n) is 17.2. The van der Waals surface area contributed by atoms with Crippen LogP contribution in [0.3, 0.4) is 0 Å². The van der Waals surface area contributed by atoms with Crippen LogP contribution in [0.1, 0.15) is 0 Å². The lowest BCUT2D eigenvalue weighted by Gasteiger charge is -2.30. The third kappa shape index (κ3) is 6.26. The summed E-state index contributed by atoms with van der Waals surface area (Å²) in [5, 5.41) is 12.3. The third-order valence-electron chi connectivity index (χ3n) is 13.5. The molecule has 0 unspecified atom stereocenters. The minimum atomic E-state index is 0.894. The predicted molar refractivity (Wildman–Crippen MR) is 280 cm³/mol. The Bertz CT molecular complexity index is 3990. The molecule has 2 heteroatoms. The number of hydrogen-bond acceptors (Lipinski definition) is 2. The van der Waals surface area contributed by atoms with Gasteiger partial charge in [-0.2, -0.15) is 0 Å². The van der Waals surface area contributed by atoms with Gasteiger partial charge in [-0.3, -0.25) is 0 Å². The highest BCUT2D eigenvalue weighted by atomic mass is 16.3. The molecule has 13 rings (SSSR count). The first kappa shape index (κ1) is 37.8. The summed E-state index contributed by atoms with van der Waals surface area (Å²) in [6, 6.07) is 90.4. The first-order valence-electron chi connectivity index (χ1n) is 22.7. The van der Waals surface area contributed by atoms with Crippen molar-refractivity contribution in [3.8, 4) is 44.5 Å². The minimum Gasteiger partial charge on any atom is -0.456 e. The van der Waals surface area contributed by atoms with Gasteiger partial charge in [-0.15, -0.1) is 0 Å². The Balaban J connectivity index is 0.969. The van der Waals surface area contributed by atoms with E-state index in [2.05, 4.69) is 241 Å². The zero-order chi connectivity index (χ0) is 43.6. The molecule has 0 N–H and O–H groups in total. The predicted octanol–water partition coefficient (Wildman–Crippen LogP) is 18.3. The summed E-state index contributed by atoms with van der Waals surface area (Å²) in [5.74, 6) is 0. The zero-order valence-corrected chi connectivity index (χ0v) is 36.0. The summed E-state index contributed by atoms with van der Waals surface area (Å²) >= 11 is 0. The number of nitrogens with zero attached hydrogens (tertiary/aromatic N) is 1. The lowest BCUT2D eigenvalue weighted by molar-refractivity contribution is 0.669. The lowest BCUT2D eigenvalue weighted by Crippen LogP contribution is -2.12. The number of benzene rings is 12. The molecular formula is C64H41NO. The molecule has 2 nitrogen and oxygen atoms in total. The second-order valence-corrected chi connectivity index (χ2v) is 17.2. The van der Waals surface area contributed by atoms with Gasteiger partial charge >= 0.3 is 0 Å². The van der Waals surface area contributed by atoms with Crippen LogP contribution in [0.15, 0.2) is 253 Å². The molecule has 0 radical (unpaired) electrons. The van der Waals surface area contributed by atoms with Crippen molar-refractivity contribution in [3.63, 3.8) is 0 Å². The third-order valence-corrected chi connectivity index (χ3v) is 13.5. The average Bonchev–Trinajstić information content (AvgIpc) is 3.78. The molecule has 1 aromatic heterocycles. The Hall–Kier alpha value is -8.72. The van der Waals surface area contributed by atoms with Crippen LogP contribution in [0, 0.1) is 0 Å². The molecule has 13 aromatic rings. The largest absolute Gasteiger partial charge is 0.456 e. The molecule has 0 spiro atoms. The summed E-state index contributed by atoms with van der Waals surface area (Å²) in [6.45, 7) is 0. The monoisotopic (exact) mass is 839 g/mol. The average molecular weight is 840 g/mol. The van der Waals surface area contributed by atoms with E-state index >= 15 is 0 Å². The van der Waals surface area contributed by atoms with Crippen molar-refractivity contribution < 1.29 is 4.42 Å². The highest BCUT2D eigenvalue weighted by Gasteiger charge is 2.22. The van der Waals surface area contributed by atoms with Gasteiger partial charge in [0.15, 0.2) is 0 Å². The Morgan fingerprint density at radius 3 is 1.53 bits per heavy atom. The molecule has 12 aromatic carbocycles. The zero-order valence-electron chi connectivity index (χ0n) is 36.0. The van der Waals surface area contributed by atoms with Gasteiger partial charge in [0.05, 0.1) is 11.4 Å². The van der Waals surface area contributed by atoms with Gasteiger partial charge in [-0.25, -0.2) is 0 Å². The number of furan rings is 1. The van der Waals surface area contributed by atoms with Crippen molar-refractivity contribution in [2.24, 2.45) is 0 Å². The lowest BCUT2D eigenvalue weighted by atomic mass is 9.92. The smallest absolute Gasteiger partial charge is 0.136 e. The first-order chi connectivity index (χ1) is 32.7. The number of rotatable bonds is 7. The highest BCUT2D eigenvalue weighted by molar-refractivity contribution is 6.14. The van der Waals surface area contributed by atoms with Crippen molar-refractivity contribution in [3.05, 3.63) is 249 Å². The van der Waals surface area contributed by atoms with Crippen molar-refractivity contribution in [1.29, 1.82) is 0 Å². The molecule has 0 saturated heterocycles. The van der Waals surface area contributed by atoms with Gasteiger partial charge in [0, 0.05) is 27.6 Å². The van der Waals surface area contributed by atoms with E-state index in [0.29, 0.717) is 0 Å². The van der Waals surface area contributed by atoms with Crippen molar-refractivity contribution in [2.75, 3.05) is 4.90 Å². The summed E-state index contributed by atoms with van der Waals surface area (Å²) in [7, 11) is 0. The van der Waals surface area contributed by atoms with Crippen LogP contribution >= 0.6 is 0 Å². The van der Waals surface area contributed by atoms with E-state index in [9.17, 15) is 0 Å². The van der Waals surface area contributed by atoms with Gasteiger partial charge in [-0.1, -0.05) is 206 Å². The summed E-state index contributed by atoms with van der Waals surface area (Å²) in [5.41, 5.74) is 14.4. The quantitative estimate of drug-likeness (QED) is 0.149. The second kappa shape index (κ2) is 15.5. The molecular weight excluding hydrogens is 799 g/mol. The van der Waals surface area contributed by atoms with Gasteiger partial charge in [0.1, 0.15) is 11.2 Å². The van der Waals surface area contributed by atoms with Crippen LogP contribution in [0.2, 0.25) is 0 Å². The molecule has 66 heavy (non-hydrogen) atoms. The standard InChI is InChI=1S/C64H41NO/c1-3-15-50-44(14-1)37-40-56-54(50)21-11-22-55(56)57-18-6-9-24-61(57)65(49-38-35-46(36-39-49)53-20-12-26-63-64(53)58-19-7-10-25-62(58)66-63)60-23-8-5-17-52(60)45-29-27-42(28-30-45)48-34-33-47-32-31-43-13-2-4-16-51(43)59(47)41-48/h1-41H. The number of fused-ring (bicyclic) bond motifs is 9. The van der Waals surface area contributed by atoms with Crippen LogP contribution < -0.4 is 4.90 Å². The fourth-order valence-electron chi connectivity index (χ4n) is 10.3. The maximum Gasteiger partial charge on any atom is 0.136 e. The van der Waals surface area contributed by atoms with Crippen LogP contribution in [-0.2, 0) is 0 Å². The Kier molecular flexibility index (Phi) is 8.89. The van der Waals surface area contributed by atoms with Crippen LogP contribution in [0.4, 0.5) is 17.1 Å². The molecule has 0 aliphatic carbocycles. The SMILES string of the molecule is c1ccc(N(c2ccc(-c3cccc4oc5ccccc5c34)cc2)c2ccccc2-c2cccc3c2ccc2ccccc23)c(-c2ccc(-c3ccc4ccc5ccccc5c4c3)cc2)c1. The molecule has 0 bridgehead atoms. The summed E-state index contributed by atoms with van der Waals surface area (Å²) < 4.78 is 6.31. The summed E-state index contributed by atoms with van der Waals surface area (Å²) in [4.78, 5) is 2.45. The van der Waals surface area contributed by atoms with E-state index in [1.54, 1.807) is 0 Å². The van der Waals surface area contributed by atoms with Crippen molar-refractivity contribution in [1.82, 2.24) is 0 Å². The fourth-order valence-corrected chi connectivity index (χ4v) is 10.3. The number of anilines is 3. The van der Waals surface area contributed by atoms with Crippen LogP contribution in [0.5, 0.6) is 0 Å². The fraction of sp³-hybridized carbons (Fsp3) is 0. The molecule has 0 aliphatic heterocycles. The van der Waals surface area contributed by atoms with E-state index in [0.717, 1.165) is 66.8 Å². The highest BCUT2D eigenvalue weighted by Crippen LogP contribution is 2.47. The molecule has 0 atom stereocenters. The normalized spacial score (nSPS) is 11.6.